The van der Waals surface area contributed by atoms with Gasteiger partial charge in [-0.1, -0.05) is 13.8 Å². The smallest absolute Gasteiger partial charge is 0.326 e. The zero-order valence-corrected chi connectivity index (χ0v) is 20.1. The van der Waals surface area contributed by atoms with Gasteiger partial charge in [0.05, 0.1) is 12.5 Å². The topological polar surface area (TPSA) is 257 Å². The Morgan fingerprint density at radius 2 is 1.34 bits per heavy atom. The number of carboxylic acids is 2. The SMILES string of the molecule is CC(C)CC(NC(=O)C(N)CCC(N)=O)C(=O)NC(CCCCN)C(=O)NC(CC(=O)O)C(=O)O. The Morgan fingerprint density at radius 1 is 0.800 bits per heavy atom. The van der Waals surface area contributed by atoms with Gasteiger partial charge in [0.2, 0.25) is 23.6 Å². The van der Waals surface area contributed by atoms with Crippen LogP contribution in [-0.2, 0) is 28.8 Å². The van der Waals surface area contributed by atoms with Gasteiger partial charge < -0.3 is 43.4 Å². The summed E-state index contributed by atoms with van der Waals surface area (Å²) in [6, 6.07) is -5.04. The summed E-state index contributed by atoms with van der Waals surface area (Å²) in [5.41, 5.74) is 16.3. The van der Waals surface area contributed by atoms with Crippen molar-refractivity contribution >= 4 is 35.6 Å². The summed E-state index contributed by atoms with van der Waals surface area (Å²) < 4.78 is 0. The van der Waals surface area contributed by atoms with Crippen LogP contribution >= 0.6 is 0 Å². The van der Waals surface area contributed by atoms with E-state index in [1.807, 2.05) is 13.8 Å². The first-order chi connectivity index (χ1) is 16.3. The summed E-state index contributed by atoms with van der Waals surface area (Å²) in [5, 5.41) is 25.2. The number of nitrogens with two attached hydrogens (primary N) is 3. The van der Waals surface area contributed by atoms with E-state index in [2.05, 4.69) is 16.0 Å². The van der Waals surface area contributed by atoms with Crippen molar-refractivity contribution in [2.45, 2.75) is 83.0 Å². The lowest BCUT2D eigenvalue weighted by Crippen LogP contribution is -2.57. The third-order valence-electron chi connectivity index (χ3n) is 4.95. The Labute approximate surface area is 203 Å². The molecule has 14 nitrogen and oxygen atoms in total. The largest absolute Gasteiger partial charge is 0.481 e. The van der Waals surface area contributed by atoms with Crippen LogP contribution in [0.15, 0.2) is 0 Å². The molecule has 11 N–H and O–H groups in total. The lowest BCUT2D eigenvalue weighted by atomic mass is 10.0. The summed E-state index contributed by atoms with van der Waals surface area (Å²) in [4.78, 5) is 71.3. The van der Waals surface area contributed by atoms with Crippen molar-refractivity contribution in [2.24, 2.45) is 23.1 Å². The molecule has 0 aromatic carbocycles. The number of carbonyl (C=O) groups is 6. The number of hydrogen-bond donors (Lipinski definition) is 8. The minimum atomic E-state index is -1.69. The molecule has 0 aromatic heterocycles. The monoisotopic (exact) mass is 502 g/mol. The Morgan fingerprint density at radius 3 is 1.83 bits per heavy atom. The highest BCUT2D eigenvalue weighted by Crippen LogP contribution is 2.09. The number of amides is 4. The van der Waals surface area contributed by atoms with Crippen molar-refractivity contribution in [3.05, 3.63) is 0 Å². The fourth-order valence-electron chi connectivity index (χ4n) is 3.09. The quantitative estimate of drug-likeness (QED) is 0.0935. The molecular weight excluding hydrogens is 464 g/mol. The van der Waals surface area contributed by atoms with Crippen LogP contribution in [0.3, 0.4) is 0 Å². The van der Waals surface area contributed by atoms with Gasteiger partial charge in [-0.3, -0.25) is 24.0 Å². The molecule has 14 heteroatoms. The Balaban J connectivity index is 5.51. The van der Waals surface area contributed by atoms with E-state index in [1.54, 1.807) is 0 Å². The normalized spacial score (nSPS) is 14.3. The second-order valence-corrected chi connectivity index (χ2v) is 8.65. The van der Waals surface area contributed by atoms with E-state index in [9.17, 15) is 33.9 Å². The van der Waals surface area contributed by atoms with E-state index in [4.69, 9.17) is 22.3 Å². The molecule has 0 saturated heterocycles. The number of nitrogens with one attached hydrogen (secondary N) is 3. The molecular formula is C21H38N6O8. The van der Waals surface area contributed by atoms with Crippen LogP contribution in [0.1, 0.15) is 58.8 Å². The summed E-state index contributed by atoms with van der Waals surface area (Å²) in [5.74, 6) is -5.88. The molecule has 0 rings (SSSR count). The van der Waals surface area contributed by atoms with E-state index in [0.29, 0.717) is 19.4 Å². The Hall–Kier alpha value is -3.26. The highest BCUT2D eigenvalue weighted by molar-refractivity contribution is 5.94. The average Bonchev–Trinajstić information content (AvgIpc) is 2.74. The van der Waals surface area contributed by atoms with Crippen molar-refractivity contribution in [1.82, 2.24) is 16.0 Å². The highest BCUT2D eigenvalue weighted by atomic mass is 16.4. The van der Waals surface area contributed by atoms with Gasteiger partial charge in [0, 0.05) is 6.42 Å². The molecule has 0 aliphatic heterocycles. The zero-order valence-electron chi connectivity index (χ0n) is 20.1. The van der Waals surface area contributed by atoms with Gasteiger partial charge in [-0.2, -0.15) is 0 Å². The van der Waals surface area contributed by atoms with Crippen LogP contribution in [0.4, 0.5) is 0 Å². The van der Waals surface area contributed by atoms with Crippen LogP contribution in [-0.4, -0.2) is 76.5 Å². The summed E-state index contributed by atoms with van der Waals surface area (Å²) >= 11 is 0. The molecule has 0 heterocycles. The van der Waals surface area contributed by atoms with Gasteiger partial charge in [-0.05, 0) is 44.6 Å². The van der Waals surface area contributed by atoms with Crippen molar-refractivity contribution in [3.63, 3.8) is 0 Å². The first kappa shape index (κ1) is 31.7. The summed E-state index contributed by atoms with van der Waals surface area (Å²) in [7, 11) is 0. The standard InChI is InChI=1S/C21H38N6O8/c1-11(2)9-14(26-18(31)12(23)6-7-16(24)28)20(33)25-13(5-3-4-8-22)19(32)27-15(21(34)35)10-17(29)30/h11-15H,3-10,22-23H2,1-2H3,(H2,24,28)(H,25,33)(H,26,31)(H,27,32)(H,29,30)(H,34,35). The predicted molar refractivity (Wildman–Crippen MR) is 124 cm³/mol. The van der Waals surface area contributed by atoms with Crippen LogP contribution in [0, 0.1) is 5.92 Å². The highest BCUT2D eigenvalue weighted by Gasteiger charge is 2.31. The van der Waals surface area contributed by atoms with Gasteiger partial charge in [0.1, 0.15) is 18.1 Å². The fourth-order valence-corrected chi connectivity index (χ4v) is 3.09. The number of unbranched alkanes of at least 4 members (excludes halogenated alkanes) is 1. The van der Waals surface area contributed by atoms with Crippen LogP contribution in [0.2, 0.25) is 0 Å². The van der Waals surface area contributed by atoms with Crippen molar-refractivity contribution in [2.75, 3.05) is 6.54 Å². The second kappa shape index (κ2) is 16.4. The van der Waals surface area contributed by atoms with Crippen molar-refractivity contribution in [1.29, 1.82) is 0 Å². The molecule has 4 unspecified atom stereocenters. The molecule has 4 atom stereocenters. The molecule has 35 heavy (non-hydrogen) atoms. The number of primary amides is 1. The summed E-state index contributed by atoms with van der Waals surface area (Å²) in [6.45, 7) is 3.96. The lowest BCUT2D eigenvalue weighted by molar-refractivity contribution is -0.147. The number of carboxylic acid groups (broad SMARTS) is 2. The molecule has 0 aliphatic carbocycles. The van der Waals surface area contributed by atoms with Crippen molar-refractivity contribution < 1.29 is 39.0 Å². The molecule has 0 saturated carbocycles. The van der Waals surface area contributed by atoms with E-state index in [-0.39, 0.29) is 31.6 Å². The molecule has 0 spiro atoms. The molecule has 0 aliphatic rings. The molecule has 0 radical (unpaired) electrons. The maximum Gasteiger partial charge on any atom is 0.326 e. The van der Waals surface area contributed by atoms with E-state index < -0.39 is 66.2 Å². The number of hydrogen-bond acceptors (Lipinski definition) is 8. The minimum absolute atomic E-state index is 0.0124. The third-order valence-corrected chi connectivity index (χ3v) is 4.95. The molecule has 0 fully saturated rings. The van der Waals surface area contributed by atoms with Gasteiger partial charge >= 0.3 is 11.9 Å². The van der Waals surface area contributed by atoms with E-state index in [0.717, 1.165) is 0 Å². The predicted octanol–water partition coefficient (Wildman–Crippen LogP) is -2.23. The van der Waals surface area contributed by atoms with Gasteiger partial charge in [0.15, 0.2) is 0 Å². The van der Waals surface area contributed by atoms with Gasteiger partial charge in [-0.25, -0.2) is 4.79 Å². The number of carbonyl (C=O) groups excluding carboxylic acids is 4. The van der Waals surface area contributed by atoms with E-state index >= 15 is 0 Å². The zero-order chi connectivity index (χ0) is 27.1. The Bertz CT molecular complexity index is 760. The Kier molecular flexibility index (Phi) is 14.9. The summed E-state index contributed by atoms with van der Waals surface area (Å²) in [6.07, 6.45) is 0.284. The fraction of sp³-hybridized carbons (Fsp3) is 0.714. The first-order valence-electron chi connectivity index (χ1n) is 11.4. The minimum Gasteiger partial charge on any atom is -0.481 e. The molecule has 0 bridgehead atoms. The van der Waals surface area contributed by atoms with Crippen LogP contribution in [0.5, 0.6) is 0 Å². The first-order valence-corrected chi connectivity index (χ1v) is 11.4. The molecule has 0 aromatic rings. The molecule has 200 valence electrons. The van der Waals surface area contributed by atoms with Crippen LogP contribution in [0.25, 0.3) is 0 Å². The third kappa shape index (κ3) is 13.9. The van der Waals surface area contributed by atoms with E-state index in [1.165, 1.54) is 0 Å². The van der Waals surface area contributed by atoms with Gasteiger partial charge in [-0.15, -0.1) is 0 Å². The van der Waals surface area contributed by atoms with Crippen LogP contribution < -0.4 is 33.2 Å². The number of aliphatic carboxylic acids is 2. The lowest BCUT2D eigenvalue weighted by Gasteiger charge is -2.26. The average molecular weight is 503 g/mol. The van der Waals surface area contributed by atoms with Crippen molar-refractivity contribution in [3.8, 4) is 0 Å². The number of rotatable bonds is 18. The second-order valence-electron chi connectivity index (χ2n) is 8.65. The van der Waals surface area contributed by atoms with Gasteiger partial charge in [0.25, 0.3) is 0 Å². The maximum absolute atomic E-state index is 13.0. The maximum atomic E-state index is 13.0. The molecule has 4 amide bonds.